The maximum Gasteiger partial charge on any atom is 0.234 e. The highest BCUT2D eigenvalue weighted by molar-refractivity contribution is 7.97. The van der Waals surface area contributed by atoms with Crippen LogP contribution in [0.1, 0.15) is 25.0 Å². The molecule has 0 saturated carbocycles. The molecule has 2 aromatic rings. The molecule has 3 rings (SSSR count). The number of ether oxygens (including phenoxy) is 2. The van der Waals surface area contributed by atoms with Crippen molar-refractivity contribution in [3.63, 3.8) is 0 Å². The van der Waals surface area contributed by atoms with Crippen LogP contribution in [0.4, 0.5) is 5.69 Å². The van der Waals surface area contributed by atoms with Crippen molar-refractivity contribution < 1.29 is 14.3 Å². The van der Waals surface area contributed by atoms with E-state index in [0.717, 1.165) is 22.8 Å². The SMILES string of the molecule is CSCc1ccc(NC(=O)C(C)(C)c2ccc3c(c2)OCCO3)cc1. The molecular weight excluding hydrogens is 334 g/mol. The summed E-state index contributed by atoms with van der Waals surface area (Å²) in [4.78, 5) is 12.8. The van der Waals surface area contributed by atoms with Crippen molar-refractivity contribution in [2.45, 2.75) is 25.0 Å². The summed E-state index contributed by atoms with van der Waals surface area (Å²) in [6, 6.07) is 13.7. The monoisotopic (exact) mass is 357 g/mol. The van der Waals surface area contributed by atoms with Crippen LogP contribution in [0.2, 0.25) is 0 Å². The Balaban J connectivity index is 1.75. The minimum Gasteiger partial charge on any atom is -0.486 e. The van der Waals surface area contributed by atoms with Gasteiger partial charge in [0, 0.05) is 11.4 Å². The van der Waals surface area contributed by atoms with E-state index in [-0.39, 0.29) is 5.91 Å². The van der Waals surface area contributed by atoms with Crippen LogP contribution in [0.5, 0.6) is 11.5 Å². The number of hydrogen-bond acceptors (Lipinski definition) is 4. The molecule has 0 fully saturated rings. The van der Waals surface area contributed by atoms with Crippen LogP contribution in [0.3, 0.4) is 0 Å². The third kappa shape index (κ3) is 3.93. The molecule has 0 atom stereocenters. The number of hydrogen-bond donors (Lipinski definition) is 1. The van der Waals surface area contributed by atoms with Gasteiger partial charge in [-0.3, -0.25) is 4.79 Å². The third-order valence-electron chi connectivity index (χ3n) is 4.35. The molecule has 1 aliphatic rings. The molecule has 132 valence electrons. The van der Waals surface area contributed by atoms with Gasteiger partial charge >= 0.3 is 0 Å². The van der Waals surface area contributed by atoms with Crippen LogP contribution in [-0.2, 0) is 16.0 Å². The number of carbonyl (C=O) groups excluding carboxylic acids is 1. The molecule has 0 spiro atoms. The number of amides is 1. The standard InChI is InChI=1S/C20H23NO3S/c1-20(2,15-6-9-17-18(12-15)24-11-10-23-17)19(22)21-16-7-4-14(5-8-16)13-25-3/h4-9,12H,10-11,13H2,1-3H3,(H,21,22). The first-order chi connectivity index (χ1) is 12.0. The molecule has 1 heterocycles. The van der Waals surface area contributed by atoms with Gasteiger partial charge in [-0.05, 0) is 55.5 Å². The van der Waals surface area contributed by atoms with Crippen molar-refractivity contribution in [1.29, 1.82) is 0 Å². The highest BCUT2D eigenvalue weighted by Crippen LogP contribution is 2.35. The quantitative estimate of drug-likeness (QED) is 0.870. The van der Waals surface area contributed by atoms with E-state index in [0.29, 0.717) is 19.0 Å². The smallest absolute Gasteiger partial charge is 0.234 e. The highest BCUT2D eigenvalue weighted by Gasteiger charge is 2.31. The summed E-state index contributed by atoms with van der Waals surface area (Å²) in [6.45, 7) is 4.92. The predicted octanol–water partition coefficient (Wildman–Crippen LogP) is 4.24. The van der Waals surface area contributed by atoms with Crippen molar-refractivity contribution >= 4 is 23.4 Å². The molecule has 0 aromatic heterocycles. The number of rotatable bonds is 5. The molecule has 2 aromatic carbocycles. The summed E-state index contributed by atoms with van der Waals surface area (Å²) < 4.78 is 11.2. The number of thioether (sulfide) groups is 1. The average Bonchev–Trinajstić information content (AvgIpc) is 2.63. The summed E-state index contributed by atoms with van der Waals surface area (Å²) in [5, 5.41) is 3.01. The molecule has 0 radical (unpaired) electrons. The van der Waals surface area contributed by atoms with Gasteiger partial charge in [0.15, 0.2) is 11.5 Å². The van der Waals surface area contributed by atoms with Gasteiger partial charge in [-0.25, -0.2) is 0 Å². The van der Waals surface area contributed by atoms with Crippen molar-refractivity contribution in [1.82, 2.24) is 0 Å². The number of fused-ring (bicyclic) bond motifs is 1. The normalized spacial score (nSPS) is 13.4. The summed E-state index contributed by atoms with van der Waals surface area (Å²) in [6.07, 6.45) is 2.07. The third-order valence-corrected chi connectivity index (χ3v) is 4.98. The maximum atomic E-state index is 12.8. The lowest BCUT2D eigenvalue weighted by Crippen LogP contribution is -2.34. The fourth-order valence-corrected chi connectivity index (χ4v) is 3.23. The minimum absolute atomic E-state index is 0.0539. The van der Waals surface area contributed by atoms with Crippen LogP contribution in [-0.4, -0.2) is 25.4 Å². The fourth-order valence-electron chi connectivity index (χ4n) is 2.70. The van der Waals surface area contributed by atoms with E-state index in [1.165, 1.54) is 5.56 Å². The molecular formula is C20H23NO3S. The van der Waals surface area contributed by atoms with Crippen molar-refractivity contribution in [2.75, 3.05) is 24.8 Å². The van der Waals surface area contributed by atoms with Gasteiger partial charge in [0.05, 0.1) is 5.41 Å². The Kier molecular flexibility index (Phi) is 5.23. The van der Waals surface area contributed by atoms with Gasteiger partial charge in [0.1, 0.15) is 13.2 Å². The molecule has 25 heavy (non-hydrogen) atoms. The fraction of sp³-hybridized carbons (Fsp3) is 0.350. The van der Waals surface area contributed by atoms with Crippen molar-refractivity contribution in [3.05, 3.63) is 53.6 Å². The number of carbonyl (C=O) groups is 1. The number of anilines is 1. The average molecular weight is 357 g/mol. The molecule has 0 unspecified atom stereocenters. The lowest BCUT2D eigenvalue weighted by atomic mass is 9.83. The Bertz CT molecular complexity index is 756. The first-order valence-corrected chi connectivity index (χ1v) is 9.69. The van der Waals surface area contributed by atoms with Crippen molar-refractivity contribution in [2.24, 2.45) is 0 Å². The lowest BCUT2D eigenvalue weighted by Gasteiger charge is -2.26. The molecule has 0 bridgehead atoms. The number of nitrogens with one attached hydrogen (secondary N) is 1. The van der Waals surface area contributed by atoms with E-state index in [4.69, 9.17) is 9.47 Å². The lowest BCUT2D eigenvalue weighted by molar-refractivity contribution is -0.120. The molecule has 5 heteroatoms. The second-order valence-corrected chi connectivity index (χ2v) is 7.43. The Labute approximate surface area is 152 Å². The Morgan fingerprint density at radius 3 is 2.44 bits per heavy atom. The Morgan fingerprint density at radius 1 is 1.08 bits per heavy atom. The van der Waals surface area contributed by atoms with Gasteiger partial charge in [0.25, 0.3) is 0 Å². The van der Waals surface area contributed by atoms with Gasteiger partial charge < -0.3 is 14.8 Å². The zero-order chi connectivity index (χ0) is 17.9. The molecule has 1 aliphatic heterocycles. The second-order valence-electron chi connectivity index (χ2n) is 6.57. The Morgan fingerprint density at radius 2 is 1.76 bits per heavy atom. The summed E-state index contributed by atoms with van der Waals surface area (Å²) in [7, 11) is 0. The molecule has 1 N–H and O–H groups in total. The van der Waals surface area contributed by atoms with E-state index < -0.39 is 5.41 Å². The van der Waals surface area contributed by atoms with Gasteiger partial charge in [-0.2, -0.15) is 11.8 Å². The second kappa shape index (κ2) is 7.40. The Hall–Kier alpha value is -2.14. The van der Waals surface area contributed by atoms with Gasteiger partial charge in [0.2, 0.25) is 5.91 Å². The van der Waals surface area contributed by atoms with Crippen LogP contribution in [0.15, 0.2) is 42.5 Å². The number of benzene rings is 2. The van der Waals surface area contributed by atoms with Crippen LogP contribution >= 0.6 is 11.8 Å². The molecule has 0 aliphatic carbocycles. The van der Waals surface area contributed by atoms with E-state index in [2.05, 4.69) is 11.6 Å². The topological polar surface area (TPSA) is 47.6 Å². The highest BCUT2D eigenvalue weighted by atomic mass is 32.2. The van der Waals surface area contributed by atoms with Crippen LogP contribution in [0.25, 0.3) is 0 Å². The van der Waals surface area contributed by atoms with E-state index in [1.54, 1.807) is 11.8 Å². The van der Waals surface area contributed by atoms with Crippen LogP contribution in [0, 0.1) is 0 Å². The molecule has 1 amide bonds. The zero-order valence-corrected chi connectivity index (χ0v) is 15.6. The van der Waals surface area contributed by atoms with E-state index >= 15 is 0 Å². The van der Waals surface area contributed by atoms with Crippen LogP contribution < -0.4 is 14.8 Å². The summed E-state index contributed by atoms with van der Waals surface area (Å²) in [5.74, 6) is 2.35. The molecule has 0 saturated heterocycles. The summed E-state index contributed by atoms with van der Waals surface area (Å²) >= 11 is 1.78. The molecule has 4 nitrogen and oxygen atoms in total. The minimum atomic E-state index is -0.687. The van der Waals surface area contributed by atoms with E-state index in [1.807, 2.05) is 56.3 Å². The first-order valence-electron chi connectivity index (χ1n) is 8.30. The zero-order valence-electron chi connectivity index (χ0n) is 14.8. The first kappa shape index (κ1) is 17.7. The van der Waals surface area contributed by atoms with Crippen molar-refractivity contribution in [3.8, 4) is 11.5 Å². The maximum absolute atomic E-state index is 12.8. The summed E-state index contributed by atoms with van der Waals surface area (Å²) in [5.41, 5.74) is 2.26. The van der Waals surface area contributed by atoms with Gasteiger partial charge in [-0.1, -0.05) is 18.2 Å². The van der Waals surface area contributed by atoms with Gasteiger partial charge in [-0.15, -0.1) is 0 Å². The van der Waals surface area contributed by atoms with E-state index in [9.17, 15) is 4.79 Å². The predicted molar refractivity (Wildman–Crippen MR) is 103 cm³/mol. The largest absolute Gasteiger partial charge is 0.486 e.